The molecule has 2 aliphatic carbocycles. The summed E-state index contributed by atoms with van der Waals surface area (Å²) in [5, 5.41) is 3.12. The number of likely N-dealkylation sites (tertiary alicyclic amines) is 1. The lowest BCUT2D eigenvalue weighted by atomic mass is 9.68. The summed E-state index contributed by atoms with van der Waals surface area (Å²) in [7, 11) is 0. The molecule has 1 saturated heterocycles. The predicted octanol–water partition coefficient (Wildman–Crippen LogP) is 4.27. The molecule has 3 aliphatic rings. The Bertz CT molecular complexity index is 961. The van der Waals surface area contributed by atoms with Crippen LogP contribution >= 0.6 is 0 Å². The van der Waals surface area contributed by atoms with Crippen molar-refractivity contribution < 1.29 is 9.59 Å². The van der Waals surface area contributed by atoms with E-state index in [1.54, 1.807) is 6.20 Å². The van der Waals surface area contributed by atoms with Gasteiger partial charge in [-0.15, -0.1) is 0 Å². The molecule has 33 heavy (non-hydrogen) atoms. The third kappa shape index (κ3) is 4.42. The maximum absolute atomic E-state index is 13.8. The monoisotopic (exact) mass is 445 g/mol. The normalized spacial score (nSPS) is 23.2. The quantitative estimate of drug-likeness (QED) is 0.722. The van der Waals surface area contributed by atoms with Gasteiger partial charge in [0.05, 0.1) is 5.41 Å². The number of carbonyl (C=O) groups excluding carboxylic acids is 2. The topological polar surface area (TPSA) is 62.3 Å². The molecule has 3 fully saturated rings. The van der Waals surface area contributed by atoms with Crippen LogP contribution in [0.1, 0.15) is 62.6 Å². The van der Waals surface area contributed by atoms with Crippen LogP contribution in [0.15, 0.2) is 54.7 Å². The van der Waals surface area contributed by atoms with Crippen molar-refractivity contribution in [1.82, 2.24) is 15.2 Å². The van der Waals surface area contributed by atoms with Crippen molar-refractivity contribution >= 4 is 11.8 Å². The molecule has 2 amide bonds. The molecular formula is C28H35N3O2. The maximum atomic E-state index is 13.8. The molecule has 1 atom stereocenters. The molecule has 5 heteroatoms. The third-order valence-corrected chi connectivity index (χ3v) is 8.40. The summed E-state index contributed by atoms with van der Waals surface area (Å²) in [5.74, 6) is 0.607. The zero-order valence-electron chi connectivity index (χ0n) is 19.5. The van der Waals surface area contributed by atoms with Crippen LogP contribution in [-0.2, 0) is 21.4 Å². The van der Waals surface area contributed by atoms with Crippen LogP contribution in [0.4, 0.5) is 0 Å². The minimum atomic E-state index is -0.351. The fourth-order valence-electron chi connectivity index (χ4n) is 6.25. The summed E-state index contributed by atoms with van der Waals surface area (Å²) in [4.78, 5) is 33.0. The van der Waals surface area contributed by atoms with E-state index < -0.39 is 0 Å². The Morgan fingerprint density at radius 3 is 2.36 bits per heavy atom. The number of pyridine rings is 1. The highest BCUT2D eigenvalue weighted by molar-refractivity contribution is 5.89. The van der Waals surface area contributed by atoms with E-state index >= 15 is 0 Å². The Morgan fingerprint density at radius 1 is 0.939 bits per heavy atom. The summed E-state index contributed by atoms with van der Waals surface area (Å²) in [6.45, 7) is 2.20. The van der Waals surface area contributed by atoms with Crippen molar-refractivity contribution in [1.29, 1.82) is 0 Å². The number of nitrogens with one attached hydrogen (secondary N) is 1. The molecule has 1 aromatic heterocycles. The number of aromatic nitrogens is 1. The summed E-state index contributed by atoms with van der Waals surface area (Å²) >= 11 is 0. The summed E-state index contributed by atoms with van der Waals surface area (Å²) < 4.78 is 0. The Hall–Kier alpha value is -2.69. The Kier molecular flexibility index (Phi) is 6.22. The van der Waals surface area contributed by atoms with E-state index in [4.69, 9.17) is 0 Å². The van der Waals surface area contributed by atoms with Crippen molar-refractivity contribution in [2.45, 2.75) is 63.2 Å². The number of benzene rings is 1. The molecule has 0 radical (unpaired) electrons. The number of piperidine rings is 1. The van der Waals surface area contributed by atoms with Crippen LogP contribution in [0, 0.1) is 11.3 Å². The highest BCUT2D eigenvalue weighted by Crippen LogP contribution is 2.59. The number of nitrogens with zero attached hydrogens (tertiary/aromatic N) is 2. The fourth-order valence-corrected chi connectivity index (χ4v) is 6.25. The number of rotatable bonds is 6. The first-order chi connectivity index (χ1) is 16.1. The number of hydrogen-bond acceptors (Lipinski definition) is 3. The van der Waals surface area contributed by atoms with Crippen LogP contribution in [0.5, 0.6) is 0 Å². The van der Waals surface area contributed by atoms with E-state index in [0.29, 0.717) is 12.5 Å². The van der Waals surface area contributed by atoms with Crippen LogP contribution in [0.3, 0.4) is 0 Å². The van der Waals surface area contributed by atoms with E-state index in [0.717, 1.165) is 70.2 Å². The molecule has 0 bridgehead atoms. The SMILES string of the molecule is O=C(NCCc1ccccn1)[C@@H]1CC12CCN(C(=O)C1(c3ccccc3)CCCCC1)CC2. The second-order valence-electron chi connectivity index (χ2n) is 10.3. The van der Waals surface area contributed by atoms with Crippen LogP contribution < -0.4 is 5.32 Å². The van der Waals surface area contributed by atoms with Gasteiger partial charge in [0.2, 0.25) is 11.8 Å². The van der Waals surface area contributed by atoms with E-state index in [-0.39, 0.29) is 22.7 Å². The van der Waals surface area contributed by atoms with Gasteiger partial charge in [-0.2, -0.15) is 0 Å². The van der Waals surface area contributed by atoms with Gasteiger partial charge in [0.15, 0.2) is 0 Å². The first-order valence-electron chi connectivity index (χ1n) is 12.7. The van der Waals surface area contributed by atoms with Crippen molar-refractivity contribution in [3.05, 3.63) is 66.0 Å². The molecule has 0 unspecified atom stereocenters. The van der Waals surface area contributed by atoms with Gasteiger partial charge >= 0.3 is 0 Å². The average molecular weight is 446 g/mol. The van der Waals surface area contributed by atoms with Crippen molar-refractivity contribution in [2.75, 3.05) is 19.6 Å². The van der Waals surface area contributed by atoms with Gasteiger partial charge in [-0.3, -0.25) is 14.6 Å². The van der Waals surface area contributed by atoms with E-state index in [9.17, 15) is 9.59 Å². The van der Waals surface area contributed by atoms with E-state index in [2.05, 4.69) is 39.5 Å². The standard InChI is InChI=1S/C28H35N3O2/c32-25(30-18-12-23-11-5-8-17-29-23)24-21-27(24)15-19-31(20-16-27)26(33)28(13-6-2-7-14-28)22-9-3-1-4-10-22/h1,3-5,8-11,17,24H,2,6-7,12-16,18-21H2,(H,30,32)/t24-/m0/s1. The summed E-state index contributed by atoms with van der Waals surface area (Å²) in [5.41, 5.74) is 1.95. The van der Waals surface area contributed by atoms with Crippen molar-refractivity contribution in [2.24, 2.45) is 11.3 Å². The zero-order valence-corrected chi connectivity index (χ0v) is 19.5. The van der Waals surface area contributed by atoms with Gasteiger partial charge in [0.25, 0.3) is 0 Å². The van der Waals surface area contributed by atoms with Crippen LogP contribution in [0.2, 0.25) is 0 Å². The number of hydrogen-bond donors (Lipinski definition) is 1. The average Bonchev–Trinajstić information content (AvgIpc) is 3.58. The molecule has 2 saturated carbocycles. The summed E-state index contributed by atoms with van der Waals surface area (Å²) in [6, 6.07) is 16.3. The second kappa shape index (κ2) is 9.28. The molecule has 1 spiro atoms. The van der Waals surface area contributed by atoms with Crippen molar-refractivity contribution in [3.63, 3.8) is 0 Å². The molecule has 1 aliphatic heterocycles. The minimum Gasteiger partial charge on any atom is -0.355 e. The Morgan fingerprint density at radius 2 is 1.67 bits per heavy atom. The summed E-state index contributed by atoms with van der Waals surface area (Å²) in [6.07, 6.45) is 10.8. The highest BCUT2D eigenvalue weighted by atomic mass is 16.2. The molecule has 2 aromatic rings. The van der Waals surface area contributed by atoms with E-state index in [1.165, 1.54) is 12.0 Å². The van der Waals surface area contributed by atoms with Gasteiger partial charge in [-0.25, -0.2) is 0 Å². The van der Waals surface area contributed by atoms with Crippen LogP contribution in [-0.4, -0.2) is 41.3 Å². The molecule has 5 nitrogen and oxygen atoms in total. The zero-order chi connectivity index (χ0) is 22.7. The van der Waals surface area contributed by atoms with Gasteiger partial charge in [-0.1, -0.05) is 55.7 Å². The predicted molar refractivity (Wildman–Crippen MR) is 129 cm³/mol. The Labute approximate surface area is 197 Å². The van der Waals surface area contributed by atoms with Crippen molar-refractivity contribution in [3.8, 4) is 0 Å². The van der Waals surface area contributed by atoms with Gasteiger partial charge in [0.1, 0.15) is 0 Å². The lowest BCUT2D eigenvalue weighted by molar-refractivity contribution is -0.140. The largest absolute Gasteiger partial charge is 0.355 e. The molecule has 5 rings (SSSR count). The maximum Gasteiger partial charge on any atom is 0.233 e. The molecule has 1 aromatic carbocycles. The molecule has 174 valence electrons. The minimum absolute atomic E-state index is 0.108. The first-order valence-corrected chi connectivity index (χ1v) is 12.7. The van der Waals surface area contributed by atoms with Gasteiger partial charge in [-0.05, 0) is 55.2 Å². The second-order valence-corrected chi connectivity index (χ2v) is 10.3. The Balaban J connectivity index is 1.16. The molecule has 1 N–H and O–H groups in total. The van der Waals surface area contributed by atoms with E-state index in [1.807, 2.05) is 24.3 Å². The smallest absolute Gasteiger partial charge is 0.233 e. The molecule has 2 heterocycles. The van der Waals surface area contributed by atoms with Crippen LogP contribution in [0.25, 0.3) is 0 Å². The number of carbonyl (C=O) groups is 2. The van der Waals surface area contributed by atoms with Gasteiger partial charge in [0, 0.05) is 43.9 Å². The highest BCUT2D eigenvalue weighted by Gasteiger charge is 2.59. The fraction of sp³-hybridized carbons (Fsp3) is 0.536. The third-order valence-electron chi connectivity index (χ3n) is 8.40. The first kappa shape index (κ1) is 22.1. The lowest BCUT2D eigenvalue weighted by Gasteiger charge is -2.43. The lowest BCUT2D eigenvalue weighted by Crippen LogP contribution is -2.51. The number of amides is 2. The van der Waals surface area contributed by atoms with Gasteiger partial charge < -0.3 is 10.2 Å². The molecular weight excluding hydrogens is 410 g/mol.